The Hall–Kier alpha value is -0.740. The molecule has 2 nitrogen and oxygen atoms in total. The van der Waals surface area contributed by atoms with E-state index in [4.69, 9.17) is 0 Å². The second kappa shape index (κ2) is 4.02. The molecule has 4 heteroatoms. The quantitative estimate of drug-likeness (QED) is 0.814. The van der Waals surface area contributed by atoms with Crippen molar-refractivity contribution in [3.63, 3.8) is 0 Å². The highest BCUT2D eigenvalue weighted by atomic mass is 32.2. The molecule has 0 unspecified atom stereocenters. The molecular weight excluding hydrogens is 228 g/mol. The lowest BCUT2D eigenvalue weighted by atomic mass is 10.2. The minimum atomic E-state index is -3.18. The van der Waals surface area contributed by atoms with Crippen LogP contribution in [-0.4, -0.2) is 19.9 Å². The maximum Gasteiger partial charge on any atom is 0.204 e. The zero-order chi connectivity index (χ0) is 10.9. The minimum absolute atomic E-state index is 0.455. The van der Waals surface area contributed by atoms with E-state index in [1.165, 1.54) is 0 Å². The van der Waals surface area contributed by atoms with Crippen molar-refractivity contribution in [3.8, 4) is 0 Å². The Morgan fingerprint density at radius 3 is 2.67 bits per heavy atom. The van der Waals surface area contributed by atoms with E-state index in [9.17, 15) is 8.42 Å². The van der Waals surface area contributed by atoms with Crippen LogP contribution in [0.5, 0.6) is 0 Å². The third-order valence-electron chi connectivity index (χ3n) is 2.32. The Labute approximate surface area is 94.3 Å². The second-order valence-corrected chi connectivity index (χ2v) is 6.53. The summed E-state index contributed by atoms with van der Waals surface area (Å²) in [7, 11) is -3.18. The first-order valence-electron chi connectivity index (χ1n) is 4.78. The van der Waals surface area contributed by atoms with Gasteiger partial charge in [-0.2, -0.15) is 11.8 Å². The summed E-state index contributed by atoms with van der Waals surface area (Å²) >= 11 is 1.63. The van der Waals surface area contributed by atoms with Gasteiger partial charge in [-0.15, -0.1) is 0 Å². The molecule has 1 aromatic rings. The van der Waals surface area contributed by atoms with Gasteiger partial charge in [-0.1, -0.05) is 25.1 Å². The van der Waals surface area contributed by atoms with Crippen LogP contribution in [0.2, 0.25) is 0 Å². The number of thioether (sulfide) groups is 1. The third kappa shape index (κ3) is 1.84. The van der Waals surface area contributed by atoms with Crippen LogP contribution in [0.4, 0.5) is 0 Å². The topological polar surface area (TPSA) is 34.1 Å². The molecule has 1 aromatic carbocycles. The smallest absolute Gasteiger partial charge is 0.204 e. The highest BCUT2D eigenvalue weighted by Crippen LogP contribution is 2.33. The number of hydrogen-bond acceptors (Lipinski definition) is 3. The van der Waals surface area contributed by atoms with Crippen molar-refractivity contribution in [2.45, 2.75) is 11.8 Å². The molecular formula is C11H12O2S2. The summed E-state index contributed by atoms with van der Waals surface area (Å²) in [6, 6.07) is 7.14. The first-order chi connectivity index (χ1) is 7.16. The van der Waals surface area contributed by atoms with E-state index in [1.54, 1.807) is 30.0 Å². The Morgan fingerprint density at radius 2 is 2.00 bits per heavy atom. The summed E-state index contributed by atoms with van der Waals surface area (Å²) in [6.45, 7) is 2.03. The summed E-state index contributed by atoms with van der Waals surface area (Å²) in [6.07, 6.45) is 1.79. The van der Waals surface area contributed by atoms with Crippen molar-refractivity contribution in [1.29, 1.82) is 0 Å². The monoisotopic (exact) mass is 240 g/mol. The Kier molecular flexibility index (Phi) is 2.89. The normalized spacial score (nSPS) is 17.3. The summed E-state index contributed by atoms with van der Waals surface area (Å²) in [4.78, 5) is 0.993. The maximum atomic E-state index is 12.0. The molecule has 15 heavy (non-hydrogen) atoms. The summed E-state index contributed by atoms with van der Waals surface area (Å²) < 4.78 is 24.0. The van der Waals surface area contributed by atoms with E-state index >= 15 is 0 Å². The lowest BCUT2D eigenvalue weighted by Crippen LogP contribution is -2.02. The molecule has 0 bridgehead atoms. The number of fused-ring (bicyclic) bond motifs is 1. The third-order valence-corrected chi connectivity index (χ3v) is 5.33. The largest absolute Gasteiger partial charge is 0.219 e. The van der Waals surface area contributed by atoms with Crippen LogP contribution in [0.25, 0.3) is 6.08 Å². The molecule has 2 rings (SSSR count). The molecule has 1 aliphatic rings. The van der Waals surface area contributed by atoms with Gasteiger partial charge < -0.3 is 0 Å². The number of benzene rings is 1. The van der Waals surface area contributed by atoms with Gasteiger partial charge in [0.2, 0.25) is 9.84 Å². The maximum absolute atomic E-state index is 12.0. The first kappa shape index (κ1) is 10.8. The zero-order valence-corrected chi connectivity index (χ0v) is 10.1. The fourth-order valence-electron chi connectivity index (χ4n) is 1.56. The molecule has 0 amide bonds. The molecule has 0 aromatic heterocycles. The van der Waals surface area contributed by atoms with Gasteiger partial charge in [-0.05, 0) is 23.5 Å². The molecule has 1 aliphatic heterocycles. The van der Waals surface area contributed by atoms with Crippen molar-refractivity contribution in [2.24, 2.45) is 0 Å². The van der Waals surface area contributed by atoms with E-state index in [0.29, 0.717) is 15.6 Å². The number of hydrogen-bond donors (Lipinski definition) is 0. The molecule has 0 fully saturated rings. The van der Waals surface area contributed by atoms with Crippen LogP contribution < -0.4 is 0 Å². The van der Waals surface area contributed by atoms with Gasteiger partial charge in [0.15, 0.2) is 0 Å². The van der Waals surface area contributed by atoms with Gasteiger partial charge in [0.25, 0.3) is 0 Å². The predicted molar refractivity (Wildman–Crippen MR) is 64.6 cm³/mol. The van der Waals surface area contributed by atoms with E-state index in [1.807, 2.05) is 19.1 Å². The van der Waals surface area contributed by atoms with Crippen molar-refractivity contribution in [3.05, 3.63) is 34.7 Å². The van der Waals surface area contributed by atoms with Gasteiger partial charge in [0.1, 0.15) is 0 Å². The lowest BCUT2D eigenvalue weighted by molar-refractivity contribution is 0.603. The van der Waals surface area contributed by atoms with Gasteiger partial charge in [0.05, 0.1) is 9.80 Å². The number of rotatable bonds is 3. The molecule has 0 spiro atoms. The van der Waals surface area contributed by atoms with E-state index in [0.717, 1.165) is 11.3 Å². The van der Waals surface area contributed by atoms with Crippen LogP contribution in [0.1, 0.15) is 12.5 Å². The predicted octanol–water partition coefficient (Wildman–Crippen LogP) is 2.57. The van der Waals surface area contributed by atoms with Gasteiger partial charge in [-0.25, -0.2) is 8.42 Å². The Morgan fingerprint density at radius 1 is 1.27 bits per heavy atom. The molecule has 0 aliphatic carbocycles. The molecule has 0 saturated carbocycles. The first-order valence-corrected chi connectivity index (χ1v) is 7.42. The van der Waals surface area contributed by atoms with E-state index in [-0.39, 0.29) is 0 Å². The number of sulfone groups is 1. The zero-order valence-electron chi connectivity index (χ0n) is 8.43. The van der Waals surface area contributed by atoms with E-state index in [2.05, 4.69) is 0 Å². The van der Waals surface area contributed by atoms with Crippen LogP contribution >= 0.6 is 11.8 Å². The Bertz CT molecular complexity index is 501. The van der Waals surface area contributed by atoms with Gasteiger partial charge in [-0.3, -0.25) is 0 Å². The molecule has 80 valence electrons. The van der Waals surface area contributed by atoms with Gasteiger partial charge in [0, 0.05) is 5.75 Å². The molecule has 0 N–H and O–H groups in total. The van der Waals surface area contributed by atoms with Crippen LogP contribution in [0.15, 0.2) is 34.1 Å². The van der Waals surface area contributed by atoms with Crippen molar-refractivity contribution in [2.75, 3.05) is 11.5 Å². The fraction of sp³-hybridized carbons (Fsp3) is 0.273. The SMILES string of the molecule is CCSCC1=Cc2ccccc2S1(=O)=O. The molecule has 0 atom stereocenters. The van der Waals surface area contributed by atoms with Crippen molar-refractivity contribution >= 4 is 27.7 Å². The fourth-order valence-corrected chi connectivity index (χ4v) is 4.18. The summed E-state index contributed by atoms with van der Waals surface area (Å²) in [5.74, 6) is 1.51. The minimum Gasteiger partial charge on any atom is -0.219 e. The highest BCUT2D eigenvalue weighted by Gasteiger charge is 2.28. The van der Waals surface area contributed by atoms with Crippen molar-refractivity contribution in [1.82, 2.24) is 0 Å². The van der Waals surface area contributed by atoms with Crippen LogP contribution in [0.3, 0.4) is 0 Å². The summed E-state index contributed by atoms with van der Waals surface area (Å²) in [5, 5.41) is 0. The molecule has 0 radical (unpaired) electrons. The van der Waals surface area contributed by atoms with Crippen LogP contribution in [0, 0.1) is 0 Å². The second-order valence-electron chi connectivity index (χ2n) is 3.29. The standard InChI is InChI=1S/C11H12O2S2/c1-2-14-8-10-7-9-5-3-4-6-11(9)15(10,12)13/h3-7H,2,8H2,1H3. The molecule has 0 saturated heterocycles. The average molecular weight is 240 g/mol. The molecule has 1 heterocycles. The van der Waals surface area contributed by atoms with Crippen molar-refractivity contribution < 1.29 is 8.42 Å². The summed E-state index contributed by atoms with van der Waals surface area (Å²) in [5.41, 5.74) is 0.823. The van der Waals surface area contributed by atoms with E-state index < -0.39 is 9.84 Å². The van der Waals surface area contributed by atoms with Gasteiger partial charge >= 0.3 is 0 Å². The lowest BCUT2D eigenvalue weighted by Gasteiger charge is -2.01. The average Bonchev–Trinajstić information content (AvgIpc) is 2.48. The Balaban J connectivity index is 2.41. The highest BCUT2D eigenvalue weighted by molar-refractivity contribution is 8.02. The van der Waals surface area contributed by atoms with Crippen LogP contribution in [-0.2, 0) is 9.84 Å².